The lowest BCUT2D eigenvalue weighted by Gasteiger charge is -2.08. The van der Waals surface area contributed by atoms with Gasteiger partial charge in [0, 0.05) is 18.7 Å². The van der Waals surface area contributed by atoms with E-state index in [-0.39, 0.29) is 5.69 Å². The second kappa shape index (κ2) is 5.96. The molecule has 1 aromatic carbocycles. The Kier molecular flexibility index (Phi) is 4.09. The fourth-order valence-electron chi connectivity index (χ4n) is 1.60. The highest BCUT2D eigenvalue weighted by molar-refractivity contribution is 5.46. The number of anilines is 1. The van der Waals surface area contributed by atoms with Gasteiger partial charge in [-0.3, -0.25) is 10.1 Å². The van der Waals surface area contributed by atoms with E-state index in [2.05, 4.69) is 15.3 Å². The third kappa shape index (κ3) is 3.19. The molecule has 0 unspecified atom stereocenters. The molecule has 0 spiro atoms. The summed E-state index contributed by atoms with van der Waals surface area (Å²) in [6, 6.07) is 6.10. The van der Waals surface area contributed by atoms with Crippen LogP contribution in [0.5, 0.6) is 11.6 Å². The van der Waals surface area contributed by atoms with Crippen molar-refractivity contribution in [3.05, 3.63) is 46.3 Å². The van der Waals surface area contributed by atoms with E-state index in [1.807, 2.05) is 13.8 Å². The minimum atomic E-state index is -0.462. The molecule has 0 aliphatic rings. The van der Waals surface area contributed by atoms with Gasteiger partial charge in [-0.15, -0.1) is 0 Å². The highest BCUT2D eigenvalue weighted by Gasteiger charge is 2.11. The van der Waals surface area contributed by atoms with E-state index < -0.39 is 4.92 Å². The second-order valence-corrected chi connectivity index (χ2v) is 4.08. The summed E-state index contributed by atoms with van der Waals surface area (Å²) in [4.78, 5) is 18.3. The molecule has 0 amide bonds. The van der Waals surface area contributed by atoms with Crippen LogP contribution in [0.15, 0.2) is 30.6 Å². The van der Waals surface area contributed by atoms with Gasteiger partial charge in [0.1, 0.15) is 17.9 Å². The van der Waals surface area contributed by atoms with Crippen molar-refractivity contribution in [2.75, 3.05) is 11.9 Å². The Hall–Kier alpha value is -2.70. The van der Waals surface area contributed by atoms with E-state index in [9.17, 15) is 10.1 Å². The van der Waals surface area contributed by atoms with Gasteiger partial charge in [0.25, 0.3) is 5.69 Å². The first-order chi connectivity index (χ1) is 9.60. The number of hydrogen-bond acceptors (Lipinski definition) is 6. The maximum absolute atomic E-state index is 10.8. The summed E-state index contributed by atoms with van der Waals surface area (Å²) in [5.74, 6) is 1.38. The number of aryl methyl sites for hydroxylation is 1. The molecule has 1 N–H and O–H groups in total. The molecule has 1 aromatic heterocycles. The van der Waals surface area contributed by atoms with Crippen LogP contribution in [0.3, 0.4) is 0 Å². The number of ether oxygens (including phenoxy) is 1. The average Bonchev–Trinajstić information content (AvgIpc) is 2.42. The molecule has 7 nitrogen and oxygen atoms in total. The van der Waals surface area contributed by atoms with E-state index in [0.29, 0.717) is 17.4 Å². The Bertz CT molecular complexity index is 631. The lowest BCUT2D eigenvalue weighted by Crippen LogP contribution is -2.00. The van der Waals surface area contributed by atoms with Crippen LogP contribution in [-0.2, 0) is 0 Å². The summed E-state index contributed by atoms with van der Waals surface area (Å²) in [7, 11) is 0. The number of nitrogens with one attached hydrogen (secondary N) is 1. The van der Waals surface area contributed by atoms with Crippen LogP contribution in [0, 0.1) is 17.0 Å². The zero-order valence-corrected chi connectivity index (χ0v) is 11.2. The van der Waals surface area contributed by atoms with Crippen LogP contribution >= 0.6 is 0 Å². The molecule has 2 rings (SSSR count). The number of nitro groups is 1. The molecule has 0 fully saturated rings. The molecule has 0 radical (unpaired) electrons. The van der Waals surface area contributed by atoms with E-state index in [1.165, 1.54) is 18.5 Å². The molecular formula is C13H14N4O3. The van der Waals surface area contributed by atoms with Gasteiger partial charge in [-0.25, -0.2) is 9.97 Å². The van der Waals surface area contributed by atoms with Crippen molar-refractivity contribution in [1.29, 1.82) is 0 Å². The van der Waals surface area contributed by atoms with Crippen molar-refractivity contribution in [2.45, 2.75) is 13.8 Å². The predicted molar refractivity (Wildman–Crippen MR) is 74.1 cm³/mol. The molecule has 104 valence electrons. The number of nitro benzene ring substituents is 1. The van der Waals surface area contributed by atoms with Gasteiger partial charge in [0.2, 0.25) is 5.88 Å². The molecule has 0 saturated carbocycles. The topological polar surface area (TPSA) is 90.2 Å². The standard InChI is InChI=1S/C13H14N4O3/c1-3-14-12-7-13(16-8-15-12)20-11-6-10(17(18)19)5-4-9(11)2/h4-8H,3H2,1-2H3,(H,14,15,16). The minimum absolute atomic E-state index is 0.0217. The smallest absolute Gasteiger partial charge is 0.273 e. The van der Waals surface area contributed by atoms with Crippen LogP contribution in [-0.4, -0.2) is 21.4 Å². The molecule has 1 heterocycles. The van der Waals surface area contributed by atoms with Crippen molar-refractivity contribution in [3.63, 3.8) is 0 Å². The van der Waals surface area contributed by atoms with Gasteiger partial charge in [-0.2, -0.15) is 0 Å². The Morgan fingerprint density at radius 1 is 1.35 bits per heavy atom. The van der Waals surface area contributed by atoms with E-state index in [1.54, 1.807) is 12.1 Å². The Balaban J connectivity index is 2.27. The largest absolute Gasteiger partial charge is 0.438 e. The third-order valence-corrected chi connectivity index (χ3v) is 2.60. The zero-order chi connectivity index (χ0) is 14.5. The van der Waals surface area contributed by atoms with E-state index >= 15 is 0 Å². The summed E-state index contributed by atoms with van der Waals surface area (Å²) in [5.41, 5.74) is 0.769. The molecule has 0 aliphatic heterocycles. The van der Waals surface area contributed by atoms with Crippen LogP contribution in [0.4, 0.5) is 11.5 Å². The van der Waals surface area contributed by atoms with E-state index in [4.69, 9.17) is 4.74 Å². The summed E-state index contributed by atoms with van der Waals surface area (Å²) in [6.07, 6.45) is 1.38. The Morgan fingerprint density at radius 3 is 2.85 bits per heavy atom. The van der Waals surface area contributed by atoms with Crippen molar-refractivity contribution in [2.24, 2.45) is 0 Å². The van der Waals surface area contributed by atoms with Crippen LogP contribution < -0.4 is 10.1 Å². The van der Waals surface area contributed by atoms with Gasteiger partial charge < -0.3 is 10.1 Å². The molecule has 20 heavy (non-hydrogen) atoms. The number of non-ortho nitro benzene ring substituents is 1. The quantitative estimate of drug-likeness (QED) is 0.666. The molecule has 2 aromatic rings. The van der Waals surface area contributed by atoms with Crippen molar-refractivity contribution in [1.82, 2.24) is 9.97 Å². The van der Waals surface area contributed by atoms with Crippen molar-refractivity contribution >= 4 is 11.5 Å². The van der Waals surface area contributed by atoms with Gasteiger partial charge >= 0.3 is 0 Å². The van der Waals surface area contributed by atoms with Gasteiger partial charge in [-0.05, 0) is 25.5 Å². The molecule has 0 aliphatic carbocycles. The van der Waals surface area contributed by atoms with Crippen molar-refractivity contribution < 1.29 is 9.66 Å². The first kappa shape index (κ1) is 13.7. The van der Waals surface area contributed by atoms with Crippen LogP contribution in [0.25, 0.3) is 0 Å². The third-order valence-electron chi connectivity index (χ3n) is 2.60. The minimum Gasteiger partial charge on any atom is -0.438 e. The average molecular weight is 274 g/mol. The Labute approximate surface area is 115 Å². The lowest BCUT2D eigenvalue weighted by molar-refractivity contribution is -0.384. The monoisotopic (exact) mass is 274 g/mol. The fraction of sp³-hybridized carbons (Fsp3) is 0.231. The number of nitrogens with zero attached hydrogens (tertiary/aromatic N) is 3. The number of hydrogen-bond donors (Lipinski definition) is 1. The van der Waals surface area contributed by atoms with Crippen LogP contribution in [0.2, 0.25) is 0 Å². The first-order valence-corrected chi connectivity index (χ1v) is 6.09. The highest BCUT2D eigenvalue weighted by Crippen LogP contribution is 2.28. The number of aromatic nitrogens is 2. The van der Waals surface area contributed by atoms with Gasteiger partial charge in [0.05, 0.1) is 11.0 Å². The normalized spacial score (nSPS) is 10.1. The fourth-order valence-corrected chi connectivity index (χ4v) is 1.60. The number of benzene rings is 1. The predicted octanol–water partition coefficient (Wildman–Crippen LogP) is 2.92. The van der Waals surface area contributed by atoms with Gasteiger partial charge in [-0.1, -0.05) is 0 Å². The highest BCUT2D eigenvalue weighted by atomic mass is 16.6. The van der Waals surface area contributed by atoms with Crippen LogP contribution in [0.1, 0.15) is 12.5 Å². The Morgan fingerprint density at radius 2 is 2.15 bits per heavy atom. The van der Waals surface area contributed by atoms with E-state index in [0.717, 1.165) is 12.1 Å². The molecule has 0 atom stereocenters. The summed E-state index contributed by atoms with van der Waals surface area (Å²) >= 11 is 0. The molecular weight excluding hydrogens is 260 g/mol. The first-order valence-electron chi connectivity index (χ1n) is 6.09. The summed E-state index contributed by atoms with van der Waals surface area (Å²) in [5, 5.41) is 13.8. The summed E-state index contributed by atoms with van der Waals surface area (Å²) in [6.45, 7) is 4.49. The molecule has 7 heteroatoms. The van der Waals surface area contributed by atoms with Gasteiger partial charge in [0.15, 0.2) is 0 Å². The summed E-state index contributed by atoms with van der Waals surface area (Å²) < 4.78 is 5.59. The maximum atomic E-state index is 10.8. The molecule has 0 bridgehead atoms. The SMILES string of the molecule is CCNc1cc(Oc2cc([N+](=O)[O-])ccc2C)ncn1. The number of rotatable bonds is 5. The lowest BCUT2D eigenvalue weighted by atomic mass is 10.2. The van der Waals surface area contributed by atoms with Crippen molar-refractivity contribution in [3.8, 4) is 11.6 Å². The second-order valence-electron chi connectivity index (χ2n) is 4.08. The maximum Gasteiger partial charge on any atom is 0.273 e. The molecule has 0 saturated heterocycles. The zero-order valence-electron chi connectivity index (χ0n) is 11.2.